The molecule has 140 valence electrons. The number of piperidine rings is 1. The first kappa shape index (κ1) is 17.4. The molecule has 3 aromatic rings. The van der Waals surface area contributed by atoms with E-state index >= 15 is 0 Å². The SMILES string of the molecule is COc1cc2c(N3CCC(Oc4ccc(F)nc4)CC3)ncnc2cc1F. The molecule has 3 heterocycles. The average molecular weight is 372 g/mol. The number of methoxy groups -OCH3 is 1. The molecule has 0 spiro atoms. The monoisotopic (exact) mass is 372 g/mol. The number of pyridine rings is 1. The van der Waals surface area contributed by atoms with Crippen molar-refractivity contribution in [2.24, 2.45) is 0 Å². The van der Waals surface area contributed by atoms with Crippen LogP contribution in [0.25, 0.3) is 10.9 Å². The third-order valence-electron chi connectivity index (χ3n) is 4.63. The van der Waals surface area contributed by atoms with Gasteiger partial charge in [0.15, 0.2) is 11.6 Å². The maximum Gasteiger partial charge on any atom is 0.213 e. The first-order chi connectivity index (χ1) is 13.1. The van der Waals surface area contributed by atoms with Crippen LogP contribution in [-0.2, 0) is 0 Å². The lowest BCUT2D eigenvalue weighted by Gasteiger charge is -2.33. The van der Waals surface area contributed by atoms with Gasteiger partial charge < -0.3 is 14.4 Å². The summed E-state index contributed by atoms with van der Waals surface area (Å²) in [5.41, 5.74) is 0.536. The van der Waals surface area contributed by atoms with Gasteiger partial charge in [0.1, 0.15) is 24.0 Å². The van der Waals surface area contributed by atoms with E-state index in [0.29, 0.717) is 11.3 Å². The number of rotatable bonds is 4. The van der Waals surface area contributed by atoms with Crippen molar-refractivity contribution in [3.05, 3.63) is 48.6 Å². The van der Waals surface area contributed by atoms with Crippen molar-refractivity contribution in [3.63, 3.8) is 0 Å². The van der Waals surface area contributed by atoms with E-state index in [-0.39, 0.29) is 11.9 Å². The van der Waals surface area contributed by atoms with Gasteiger partial charge in [-0.3, -0.25) is 0 Å². The first-order valence-electron chi connectivity index (χ1n) is 8.65. The largest absolute Gasteiger partial charge is 0.494 e. The highest BCUT2D eigenvalue weighted by atomic mass is 19.1. The lowest BCUT2D eigenvalue weighted by atomic mass is 10.1. The topological polar surface area (TPSA) is 60.4 Å². The van der Waals surface area contributed by atoms with Gasteiger partial charge in [-0.25, -0.2) is 19.3 Å². The maximum atomic E-state index is 13.9. The molecule has 1 aliphatic rings. The van der Waals surface area contributed by atoms with Gasteiger partial charge in [-0.15, -0.1) is 0 Å². The van der Waals surface area contributed by atoms with Gasteiger partial charge in [-0.2, -0.15) is 4.39 Å². The molecule has 0 bridgehead atoms. The van der Waals surface area contributed by atoms with E-state index < -0.39 is 11.8 Å². The van der Waals surface area contributed by atoms with Crippen molar-refractivity contribution in [2.45, 2.75) is 18.9 Å². The summed E-state index contributed by atoms with van der Waals surface area (Å²) < 4.78 is 37.8. The zero-order valence-electron chi connectivity index (χ0n) is 14.7. The molecular weight excluding hydrogens is 354 g/mol. The Morgan fingerprint density at radius 3 is 2.59 bits per heavy atom. The van der Waals surface area contributed by atoms with Gasteiger partial charge in [0.25, 0.3) is 0 Å². The van der Waals surface area contributed by atoms with E-state index in [4.69, 9.17) is 9.47 Å². The second kappa shape index (κ2) is 7.30. The lowest BCUT2D eigenvalue weighted by Crippen LogP contribution is -2.38. The van der Waals surface area contributed by atoms with Crippen molar-refractivity contribution in [1.29, 1.82) is 0 Å². The summed E-state index contributed by atoms with van der Waals surface area (Å²) in [4.78, 5) is 14.3. The van der Waals surface area contributed by atoms with Crippen molar-refractivity contribution in [1.82, 2.24) is 15.0 Å². The van der Waals surface area contributed by atoms with Gasteiger partial charge in [-0.1, -0.05) is 0 Å². The summed E-state index contributed by atoms with van der Waals surface area (Å²) in [6.07, 6.45) is 4.41. The minimum absolute atomic E-state index is 0.0218. The van der Waals surface area contributed by atoms with E-state index in [0.717, 1.165) is 37.1 Å². The molecule has 0 radical (unpaired) electrons. The number of anilines is 1. The Labute approximate surface area is 154 Å². The Hall–Kier alpha value is -3.03. The summed E-state index contributed by atoms with van der Waals surface area (Å²) in [5.74, 6) is 0.498. The number of halogens is 2. The highest BCUT2D eigenvalue weighted by Crippen LogP contribution is 2.31. The molecule has 4 rings (SSSR count). The molecule has 0 saturated carbocycles. The number of aromatic nitrogens is 3. The summed E-state index contributed by atoms with van der Waals surface area (Å²) in [5, 5.41) is 0.748. The molecule has 0 atom stereocenters. The van der Waals surface area contributed by atoms with Crippen LogP contribution >= 0.6 is 0 Å². The molecule has 1 aliphatic heterocycles. The molecule has 6 nitrogen and oxygen atoms in total. The normalized spacial score (nSPS) is 15.1. The van der Waals surface area contributed by atoms with Gasteiger partial charge in [0.05, 0.1) is 18.8 Å². The van der Waals surface area contributed by atoms with Crippen LogP contribution in [0.4, 0.5) is 14.6 Å². The second-order valence-electron chi connectivity index (χ2n) is 6.32. The molecule has 27 heavy (non-hydrogen) atoms. The molecule has 1 aromatic carbocycles. The summed E-state index contributed by atoms with van der Waals surface area (Å²) in [6, 6.07) is 5.85. The van der Waals surface area contributed by atoms with E-state index in [1.165, 1.54) is 31.8 Å². The fourth-order valence-electron chi connectivity index (χ4n) is 3.26. The smallest absolute Gasteiger partial charge is 0.213 e. The molecule has 2 aromatic heterocycles. The van der Waals surface area contributed by atoms with Crippen LogP contribution in [0, 0.1) is 11.8 Å². The summed E-state index contributed by atoms with van der Waals surface area (Å²) >= 11 is 0. The predicted octanol–water partition coefficient (Wildman–Crippen LogP) is 3.36. The van der Waals surface area contributed by atoms with Crippen LogP contribution in [0.2, 0.25) is 0 Å². The second-order valence-corrected chi connectivity index (χ2v) is 6.32. The van der Waals surface area contributed by atoms with Gasteiger partial charge in [-0.05, 0) is 18.2 Å². The van der Waals surface area contributed by atoms with Crippen molar-refractivity contribution >= 4 is 16.7 Å². The highest BCUT2D eigenvalue weighted by molar-refractivity contribution is 5.90. The number of benzene rings is 1. The number of fused-ring (bicyclic) bond motifs is 1. The molecule has 8 heteroatoms. The Morgan fingerprint density at radius 1 is 1.07 bits per heavy atom. The van der Waals surface area contributed by atoms with E-state index in [1.54, 1.807) is 12.1 Å². The molecule has 1 fully saturated rings. The van der Waals surface area contributed by atoms with Gasteiger partial charge >= 0.3 is 0 Å². The molecule has 0 N–H and O–H groups in total. The van der Waals surface area contributed by atoms with E-state index in [1.807, 2.05) is 0 Å². The number of ether oxygens (including phenoxy) is 2. The maximum absolute atomic E-state index is 13.9. The minimum atomic E-state index is -0.528. The third kappa shape index (κ3) is 3.60. The van der Waals surface area contributed by atoms with E-state index in [9.17, 15) is 8.78 Å². The van der Waals surface area contributed by atoms with Crippen LogP contribution in [0.1, 0.15) is 12.8 Å². The van der Waals surface area contributed by atoms with Crippen molar-refractivity contribution < 1.29 is 18.3 Å². The van der Waals surface area contributed by atoms with E-state index in [2.05, 4.69) is 19.9 Å². The van der Waals surface area contributed by atoms with Crippen LogP contribution in [0.15, 0.2) is 36.8 Å². The van der Waals surface area contributed by atoms with Crippen LogP contribution in [-0.4, -0.2) is 41.3 Å². The standard InChI is InChI=1S/C19H18F2N4O2/c1-26-17-8-14-16(9-15(17)20)23-11-24-19(14)25-6-4-12(5-7-25)27-13-2-3-18(21)22-10-13/h2-3,8-12H,4-7H2,1H3. The zero-order chi connectivity index (χ0) is 18.8. The third-order valence-corrected chi connectivity index (χ3v) is 4.63. The molecular formula is C19H18F2N4O2. The van der Waals surface area contributed by atoms with Crippen LogP contribution in [0.3, 0.4) is 0 Å². The first-order valence-corrected chi connectivity index (χ1v) is 8.65. The van der Waals surface area contributed by atoms with Crippen molar-refractivity contribution in [3.8, 4) is 11.5 Å². The van der Waals surface area contributed by atoms with Gasteiger partial charge in [0, 0.05) is 37.4 Å². The molecule has 0 unspecified atom stereocenters. The molecule has 1 saturated heterocycles. The summed E-state index contributed by atoms with van der Waals surface area (Å²) in [6.45, 7) is 1.45. The minimum Gasteiger partial charge on any atom is -0.494 e. The fourth-order valence-corrected chi connectivity index (χ4v) is 3.26. The molecule has 0 aliphatic carbocycles. The average Bonchev–Trinajstić information content (AvgIpc) is 2.69. The van der Waals surface area contributed by atoms with Crippen molar-refractivity contribution in [2.75, 3.05) is 25.1 Å². The Balaban J connectivity index is 1.50. The number of hydrogen-bond donors (Lipinski definition) is 0. The molecule has 0 amide bonds. The Bertz CT molecular complexity index is 944. The Morgan fingerprint density at radius 2 is 1.89 bits per heavy atom. The predicted molar refractivity (Wildman–Crippen MR) is 96.1 cm³/mol. The summed E-state index contributed by atoms with van der Waals surface area (Å²) in [7, 11) is 1.43. The fraction of sp³-hybridized carbons (Fsp3) is 0.316. The van der Waals surface area contributed by atoms with Crippen LogP contribution in [0.5, 0.6) is 11.5 Å². The lowest BCUT2D eigenvalue weighted by molar-refractivity contribution is 0.170. The van der Waals surface area contributed by atoms with Gasteiger partial charge in [0.2, 0.25) is 5.95 Å². The highest BCUT2D eigenvalue weighted by Gasteiger charge is 2.23. The van der Waals surface area contributed by atoms with Crippen LogP contribution < -0.4 is 14.4 Å². The number of hydrogen-bond acceptors (Lipinski definition) is 6. The Kier molecular flexibility index (Phi) is 4.70. The number of nitrogens with zero attached hydrogens (tertiary/aromatic N) is 4. The quantitative estimate of drug-likeness (QED) is 0.655. The zero-order valence-corrected chi connectivity index (χ0v) is 14.7.